The van der Waals surface area contributed by atoms with E-state index >= 15 is 0 Å². The Kier molecular flexibility index (Phi) is 6.19. The van der Waals surface area contributed by atoms with Gasteiger partial charge in [0.2, 0.25) is 0 Å². The van der Waals surface area contributed by atoms with E-state index in [0.717, 1.165) is 48.0 Å². The Morgan fingerprint density at radius 2 is 1.88 bits per heavy atom. The van der Waals surface area contributed by atoms with Crippen LogP contribution in [0, 0.1) is 0 Å². The monoisotopic (exact) mass is 434 g/mol. The first-order valence-corrected chi connectivity index (χ1v) is 10.9. The second-order valence-corrected chi connectivity index (χ2v) is 8.22. The zero-order chi connectivity index (χ0) is 22.7. The number of H-pyrrole nitrogens is 1. The number of aryl methyl sites for hydroxylation is 1. The maximum Gasteiger partial charge on any atom is 0.182 e. The maximum absolute atomic E-state index is 13.6. The van der Waals surface area contributed by atoms with Crippen molar-refractivity contribution in [1.82, 2.24) is 10.3 Å². The smallest absolute Gasteiger partial charge is 0.182 e. The Morgan fingerprint density at radius 1 is 1.09 bits per heavy atom. The van der Waals surface area contributed by atoms with E-state index < -0.39 is 5.54 Å². The summed E-state index contributed by atoms with van der Waals surface area (Å²) < 4.78 is 10.7. The molecular formula is C25H30N4O3. The number of ether oxygens (including phenoxy) is 2. The Bertz CT molecular complexity index is 1160. The molecule has 1 aliphatic rings. The summed E-state index contributed by atoms with van der Waals surface area (Å²) in [7, 11) is 4.85. The third-order valence-corrected chi connectivity index (χ3v) is 6.36. The first kappa shape index (κ1) is 21.9. The van der Waals surface area contributed by atoms with E-state index in [-0.39, 0.29) is 5.78 Å². The molecule has 32 heavy (non-hydrogen) atoms. The second-order valence-electron chi connectivity index (χ2n) is 8.22. The van der Waals surface area contributed by atoms with Crippen molar-refractivity contribution >= 4 is 22.5 Å². The van der Waals surface area contributed by atoms with Crippen LogP contribution in [0.5, 0.6) is 11.5 Å². The minimum absolute atomic E-state index is 0.0984. The predicted molar refractivity (Wildman–Crippen MR) is 127 cm³/mol. The summed E-state index contributed by atoms with van der Waals surface area (Å²) in [6.07, 6.45) is 3.25. The van der Waals surface area contributed by atoms with Gasteiger partial charge in [-0.25, -0.2) is 0 Å². The van der Waals surface area contributed by atoms with Gasteiger partial charge in [0.15, 0.2) is 17.3 Å². The van der Waals surface area contributed by atoms with Gasteiger partial charge in [0, 0.05) is 29.4 Å². The second kappa shape index (κ2) is 9.04. The minimum atomic E-state index is -0.582. The number of nitrogens with two attached hydrogens (primary N) is 1. The summed E-state index contributed by atoms with van der Waals surface area (Å²) in [6.45, 7) is 0.838. The number of fused-ring (bicyclic) bond motifs is 1. The molecule has 2 aromatic carbocycles. The van der Waals surface area contributed by atoms with Crippen molar-refractivity contribution in [3.8, 4) is 11.5 Å². The van der Waals surface area contributed by atoms with Crippen LogP contribution in [-0.4, -0.2) is 50.0 Å². The molecule has 168 valence electrons. The Labute approximate surface area is 188 Å². The molecule has 1 aliphatic heterocycles. The molecule has 0 unspecified atom stereocenters. The predicted octanol–water partition coefficient (Wildman–Crippen LogP) is 3.46. The number of aliphatic imine (C=N–C) groups is 1. The molecular weight excluding hydrogens is 404 g/mol. The molecule has 4 N–H and O–H groups in total. The Morgan fingerprint density at radius 3 is 2.56 bits per heavy atom. The van der Waals surface area contributed by atoms with Crippen LogP contribution < -0.4 is 20.5 Å². The summed E-state index contributed by atoms with van der Waals surface area (Å²) in [5.74, 6) is 1.79. The number of rotatable bonds is 8. The summed E-state index contributed by atoms with van der Waals surface area (Å²) in [5, 5.41) is 4.62. The number of carbonyl (C=O) groups excluding carboxylic acids is 1. The molecule has 1 atom stereocenters. The van der Waals surface area contributed by atoms with Crippen LogP contribution in [0.15, 0.2) is 47.5 Å². The Hall–Kier alpha value is -3.32. The molecule has 1 aromatic heterocycles. The number of ketones is 1. The highest BCUT2D eigenvalue weighted by molar-refractivity contribution is 6.04. The highest BCUT2D eigenvalue weighted by Crippen LogP contribution is 2.33. The van der Waals surface area contributed by atoms with Gasteiger partial charge < -0.3 is 25.5 Å². The fourth-order valence-corrected chi connectivity index (χ4v) is 4.54. The number of nitrogens with zero attached hydrogens (tertiary/aromatic N) is 1. The maximum atomic E-state index is 13.6. The number of benzene rings is 2. The number of Topliss-reactive ketones (excluding diaryl/α,β-unsaturated/α-hetero) is 1. The van der Waals surface area contributed by atoms with Crippen molar-refractivity contribution in [2.75, 3.05) is 27.8 Å². The number of aromatic nitrogens is 1. The van der Waals surface area contributed by atoms with E-state index in [0.29, 0.717) is 29.3 Å². The normalized spacial score (nSPS) is 18.8. The molecule has 7 heteroatoms. The van der Waals surface area contributed by atoms with Crippen molar-refractivity contribution in [3.63, 3.8) is 0 Å². The summed E-state index contributed by atoms with van der Waals surface area (Å²) in [4.78, 5) is 21.1. The van der Waals surface area contributed by atoms with Gasteiger partial charge in [-0.2, -0.15) is 0 Å². The van der Waals surface area contributed by atoms with Gasteiger partial charge in [-0.05, 0) is 67.9 Å². The van der Waals surface area contributed by atoms with Gasteiger partial charge in [0.05, 0.1) is 19.8 Å². The van der Waals surface area contributed by atoms with Crippen molar-refractivity contribution in [3.05, 3.63) is 59.3 Å². The average molecular weight is 435 g/mol. The molecule has 1 saturated heterocycles. The first-order chi connectivity index (χ1) is 15.5. The molecule has 0 radical (unpaired) electrons. The lowest BCUT2D eigenvalue weighted by molar-refractivity contribution is 0.0858. The number of hydrogen-bond donors (Lipinski definition) is 3. The van der Waals surface area contributed by atoms with E-state index in [9.17, 15) is 4.79 Å². The van der Waals surface area contributed by atoms with E-state index in [1.165, 1.54) is 0 Å². The van der Waals surface area contributed by atoms with Crippen LogP contribution in [-0.2, 0) is 6.42 Å². The molecule has 0 aliphatic carbocycles. The van der Waals surface area contributed by atoms with Gasteiger partial charge in [0.1, 0.15) is 5.84 Å². The minimum Gasteiger partial charge on any atom is -0.493 e. The highest BCUT2D eigenvalue weighted by atomic mass is 16.5. The van der Waals surface area contributed by atoms with Crippen LogP contribution >= 0.6 is 0 Å². The number of hydrogen-bond acceptors (Lipinski definition) is 5. The number of amidine groups is 1. The quantitative estimate of drug-likeness (QED) is 0.286. The third-order valence-electron chi connectivity index (χ3n) is 6.36. The number of nitrogens with one attached hydrogen (secondary N) is 2. The van der Waals surface area contributed by atoms with Crippen LogP contribution in [0.1, 0.15) is 40.9 Å². The van der Waals surface area contributed by atoms with Crippen LogP contribution in [0.3, 0.4) is 0 Å². The van der Waals surface area contributed by atoms with Gasteiger partial charge in [-0.15, -0.1) is 0 Å². The van der Waals surface area contributed by atoms with E-state index in [1.54, 1.807) is 33.4 Å². The SMILES string of the molecule is CN=C(N)c1ccc2cc(CC[C@]3(C(=O)c4ccc(OC)c(OC)c4)CCCN3)[nH]c2c1. The van der Waals surface area contributed by atoms with Crippen LogP contribution in [0.25, 0.3) is 10.9 Å². The molecule has 0 saturated carbocycles. The lowest BCUT2D eigenvalue weighted by Crippen LogP contribution is -2.48. The van der Waals surface area contributed by atoms with E-state index in [2.05, 4.69) is 21.4 Å². The van der Waals surface area contributed by atoms with Crippen molar-refractivity contribution in [2.24, 2.45) is 10.7 Å². The average Bonchev–Trinajstić information content (AvgIpc) is 3.48. The lowest BCUT2D eigenvalue weighted by atomic mass is 9.83. The van der Waals surface area contributed by atoms with Crippen molar-refractivity contribution < 1.29 is 14.3 Å². The fourth-order valence-electron chi connectivity index (χ4n) is 4.54. The Balaban J connectivity index is 1.56. The number of carbonyl (C=O) groups is 1. The summed E-state index contributed by atoms with van der Waals surface area (Å²) >= 11 is 0. The summed E-state index contributed by atoms with van der Waals surface area (Å²) in [6, 6.07) is 13.5. The fraction of sp³-hybridized carbons (Fsp3) is 0.360. The van der Waals surface area contributed by atoms with Crippen LogP contribution in [0.2, 0.25) is 0 Å². The lowest BCUT2D eigenvalue weighted by Gasteiger charge is -2.28. The largest absolute Gasteiger partial charge is 0.493 e. The molecule has 2 heterocycles. The molecule has 7 nitrogen and oxygen atoms in total. The standard InChI is InChI=1S/C25H30N4O3/c1-27-24(26)18-6-5-16-13-19(29-20(16)14-18)9-11-25(10-4-12-28-25)23(30)17-7-8-21(31-2)22(15-17)32-3/h5-8,13-15,28-29H,4,9-12H2,1-3H3,(H2,26,27)/t25-/m0/s1. The zero-order valence-corrected chi connectivity index (χ0v) is 18.8. The number of aromatic amines is 1. The van der Waals surface area contributed by atoms with Crippen molar-refractivity contribution in [1.29, 1.82) is 0 Å². The zero-order valence-electron chi connectivity index (χ0n) is 18.8. The third kappa shape index (κ3) is 4.08. The van der Waals surface area contributed by atoms with E-state index in [1.807, 2.05) is 24.3 Å². The van der Waals surface area contributed by atoms with Gasteiger partial charge >= 0.3 is 0 Å². The molecule has 0 bridgehead atoms. The highest BCUT2D eigenvalue weighted by Gasteiger charge is 2.41. The van der Waals surface area contributed by atoms with Gasteiger partial charge in [0.25, 0.3) is 0 Å². The molecule has 4 rings (SSSR count). The molecule has 1 fully saturated rings. The van der Waals surface area contributed by atoms with Gasteiger partial charge in [-0.1, -0.05) is 12.1 Å². The molecule has 3 aromatic rings. The van der Waals surface area contributed by atoms with Crippen molar-refractivity contribution in [2.45, 2.75) is 31.2 Å². The topological polar surface area (TPSA) is 102 Å². The van der Waals surface area contributed by atoms with Crippen LogP contribution in [0.4, 0.5) is 0 Å². The summed E-state index contributed by atoms with van der Waals surface area (Å²) in [5.41, 5.74) is 9.01. The molecule has 0 spiro atoms. The number of methoxy groups -OCH3 is 2. The molecule has 0 amide bonds. The van der Waals surface area contributed by atoms with Gasteiger partial charge in [-0.3, -0.25) is 9.79 Å². The van der Waals surface area contributed by atoms with E-state index in [4.69, 9.17) is 15.2 Å². The first-order valence-electron chi connectivity index (χ1n) is 10.9.